The summed E-state index contributed by atoms with van der Waals surface area (Å²) in [5, 5.41) is 0. The average Bonchev–Trinajstić information content (AvgIpc) is 2.78. The monoisotopic (exact) mass is 219 g/mol. The van der Waals surface area contributed by atoms with Gasteiger partial charge in [0.2, 0.25) is 5.91 Å². The Morgan fingerprint density at radius 1 is 1.50 bits per heavy atom. The Morgan fingerprint density at radius 3 is 3.00 bits per heavy atom. The average molecular weight is 219 g/mol. The maximum Gasteiger partial charge on any atom is 0.219 e. The molecule has 0 radical (unpaired) electrons. The molecule has 1 aliphatic heterocycles. The van der Waals surface area contributed by atoms with Crippen LogP contribution in [-0.4, -0.2) is 24.5 Å². The van der Waals surface area contributed by atoms with E-state index in [4.69, 9.17) is 4.74 Å². The van der Waals surface area contributed by atoms with Crippen LogP contribution in [0.3, 0.4) is 0 Å². The van der Waals surface area contributed by atoms with Crippen LogP contribution >= 0.6 is 0 Å². The molecular formula is C13H17NO2. The Bertz CT molecular complexity index is 389. The molecule has 0 spiro atoms. The second-order valence-electron chi connectivity index (χ2n) is 4.15. The Balaban J connectivity index is 2.25. The van der Waals surface area contributed by atoms with Crippen LogP contribution in [0.1, 0.15) is 31.4 Å². The zero-order valence-corrected chi connectivity index (χ0v) is 9.77. The minimum Gasteiger partial charge on any atom is -0.497 e. The van der Waals surface area contributed by atoms with Gasteiger partial charge in [-0.05, 0) is 30.5 Å². The van der Waals surface area contributed by atoms with Crippen molar-refractivity contribution >= 4 is 5.91 Å². The van der Waals surface area contributed by atoms with Crippen LogP contribution in [0, 0.1) is 0 Å². The number of amides is 1. The SMILES string of the molecule is COc1cccc([C@@H]2CCCN2C(C)=O)c1. The van der Waals surface area contributed by atoms with Crippen molar-refractivity contribution in [3.05, 3.63) is 29.8 Å². The topological polar surface area (TPSA) is 29.5 Å². The standard InChI is InChI=1S/C13H17NO2/c1-10(15)14-8-4-7-13(14)11-5-3-6-12(9-11)16-2/h3,5-6,9,13H,4,7-8H2,1-2H3/t13-/m0/s1. The lowest BCUT2D eigenvalue weighted by Crippen LogP contribution is -2.27. The summed E-state index contributed by atoms with van der Waals surface area (Å²) >= 11 is 0. The maximum atomic E-state index is 11.5. The zero-order chi connectivity index (χ0) is 11.5. The highest BCUT2D eigenvalue weighted by molar-refractivity contribution is 5.74. The molecule has 2 rings (SSSR count). The summed E-state index contributed by atoms with van der Waals surface area (Å²) < 4.78 is 5.21. The fourth-order valence-electron chi connectivity index (χ4n) is 2.34. The van der Waals surface area contributed by atoms with Gasteiger partial charge in [0.05, 0.1) is 13.2 Å². The summed E-state index contributed by atoms with van der Waals surface area (Å²) in [6.07, 6.45) is 2.13. The molecule has 1 aromatic rings. The quantitative estimate of drug-likeness (QED) is 0.764. The van der Waals surface area contributed by atoms with Crippen molar-refractivity contribution in [2.75, 3.05) is 13.7 Å². The second-order valence-corrected chi connectivity index (χ2v) is 4.15. The first-order chi connectivity index (χ1) is 7.72. The van der Waals surface area contributed by atoms with Crippen molar-refractivity contribution < 1.29 is 9.53 Å². The van der Waals surface area contributed by atoms with Gasteiger partial charge in [0.25, 0.3) is 0 Å². The third kappa shape index (κ3) is 2.03. The lowest BCUT2D eigenvalue weighted by atomic mass is 10.0. The number of benzene rings is 1. The molecule has 1 saturated heterocycles. The van der Waals surface area contributed by atoms with Crippen LogP contribution in [-0.2, 0) is 4.79 Å². The van der Waals surface area contributed by atoms with E-state index >= 15 is 0 Å². The van der Waals surface area contributed by atoms with Gasteiger partial charge in [0.1, 0.15) is 5.75 Å². The third-order valence-corrected chi connectivity index (χ3v) is 3.14. The summed E-state index contributed by atoms with van der Waals surface area (Å²) in [7, 11) is 1.66. The summed E-state index contributed by atoms with van der Waals surface area (Å²) in [6.45, 7) is 2.51. The Labute approximate surface area is 96.0 Å². The molecule has 1 heterocycles. The van der Waals surface area contributed by atoms with Crippen molar-refractivity contribution in [3.63, 3.8) is 0 Å². The largest absolute Gasteiger partial charge is 0.497 e. The molecular weight excluding hydrogens is 202 g/mol. The molecule has 0 aliphatic carbocycles. The smallest absolute Gasteiger partial charge is 0.219 e. The number of carbonyl (C=O) groups excluding carboxylic acids is 1. The van der Waals surface area contributed by atoms with Crippen LogP contribution in [0.25, 0.3) is 0 Å². The predicted octanol–water partition coefficient (Wildman–Crippen LogP) is 2.38. The molecule has 1 aromatic carbocycles. The van der Waals surface area contributed by atoms with Crippen molar-refractivity contribution in [1.29, 1.82) is 0 Å². The van der Waals surface area contributed by atoms with E-state index in [1.807, 2.05) is 23.1 Å². The number of nitrogens with zero attached hydrogens (tertiary/aromatic N) is 1. The number of carbonyl (C=O) groups is 1. The summed E-state index contributed by atoms with van der Waals surface area (Å²) in [4.78, 5) is 13.4. The fourth-order valence-corrected chi connectivity index (χ4v) is 2.34. The highest BCUT2D eigenvalue weighted by Crippen LogP contribution is 2.33. The minimum atomic E-state index is 0.158. The number of hydrogen-bond donors (Lipinski definition) is 0. The molecule has 0 unspecified atom stereocenters. The van der Waals surface area contributed by atoms with Crippen LogP contribution in [0.15, 0.2) is 24.3 Å². The number of hydrogen-bond acceptors (Lipinski definition) is 2. The van der Waals surface area contributed by atoms with Gasteiger partial charge in [-0.1, -0.05) is 12.1 Å². The van der Waals surface area contributed by atoms with Crippen molar-refractivity contribution in [2.24, 2.45) is 0 Å². The molecule has 1 atom stereocenters. The molecule has 3 heteroatoms. The molecule has 1 fully saturated rings. The first-order valence-electron chi connectivity index (χ1n) is 5.63. The number of likely N-dealkylation sites (tertiary alicyclic amines) is 1. The van der Waals surface area contributed by atoms with E-state index in [2.05, 4.69) is 6.07 Å². The molecule has 0 aromatic heterocycles. The third-order valence-electron chi connectivity index (χ3n) is 3.14. The first-order valence-corrected chi connectivity index (χ1v) is 5.63. The maximum absolute atomic E-state index is 11.5. The van der Waals surface area contributed by atoms with E-state index in [1.54, 1.807) is 14.0 Å². The van der Waals surface area contributed by atoms with E-state index in [0.29, 0.717) is 0 Å². The van der Waals surface area contributed by atoms with E-state index in [0.717, 1.165) is 25.1 Å². The fraction of sp³-hybridized carbons (Fsp3) is 0.462. The molecule has 1 amide bonds. The van der Waals surface area contributed by atoms with Gasteiger partial charge in [-0.3, -0.25) is 4.79 Å². The summed E-state index contributed by atoms with van der Waals surface area (Å²) in [6, 6.07) is 8.22. The van der Waals surface area contributed by atoms with Gasteiger partial charge >= 0.3 is 0 Å². The number of ether oxygens (including phenoxy) is 1. The van der Waals surface area contributed by atoms with Gasteiger partial charge in [-0.2, -0.15) is 0 Å². The minimum absolute atomic E-state index is 0.158. The van der Waals surface area contributed by atoms with Gasteiger partial charge < -0.3 is 9.64 Å². The van der Waals surface area contributed by atoms with Crippen molar-refractivity contribution in [2.45, 2.75) is 25.8 Å². The Hall–Kier alpha value is -1.51. The molecule has 3 nitrogen and oxygen atoms in total. The first kappa shape index (κ1) is 11.0. The van der Waals surface area contributed by atoms with Gasteiger partial charge in [-0.25, -0.2) is 0 Å². The van der Waals surface area contributed by atoms with E-state index < -0.39 is 0 Å². The Morgan fingerprint density at radius 2 is 2.31 bits per heavy atom. The molecule has 0 bridgehead atoms. The van der Waals surface area contributed by atoms with Crippen LogP contribution in [0.5, 0.6) is 5.75 Å². The molecule has 86 valence electrons. The molecule has 16 heavy (non-hydrogen) atoms. The normalized spacial score (nSPS) is 19.9. The highest BCUT2D eigenvalue weighted by Gasteiger charge is 2.27. The lowest BCUT2D eigenvalue weighted by Gasteiger charge is -2.23. The van der Waals surface area contributed by atoms with Crippen LogP contribution in [0.4, 0.5) is 0 Å². The van der Waals surface area contributed by atoms with E-state index in [-0.39, 0.29) is 11.9 Å². The van der Waals surface area contributed by atoms with Crippen molar-refractivity contribution in [3.8, 4) is 5.75 Å². The summed E-state index contributed by atoms with van der Waals surface area (Å²) in [5.41, 5.74) is 1.17. The zero-order valence-electron chi connectivity index (χ0n) is 9.77. The van der Waals surface area contributed by atoms with Crippen LogP contribution in [0.2, 0.25) is 0 Å². The van der Waals surface area contributed by atoms with Crippen molar-refractivity contribution in [1.82, 2.24) is 4.90 Å². The summed E-state index contributed by atoms with van der Waals surface area (Å²) in [5.74, 6) is 1.01. The van der Waals surface area contributed by atoms with E-state index in [1.165, 1.54) is 5.56 Å². The predicted molar refractivity (Wildman–Crippen MR) is 62.4 cm³/mol. The number of methoxy groups -OCH3 is 1. The molecule has 1 aliphatic rings. The highest BCUT2D eigenvalue weighted by atomic mass is 16.5. The second kappa shape index (κ2) is 4.56. The number of rotatable bonds is 2. The van der Waals surface area contributed by atoms with Gasteiger partial charge in [0, 0.05) is 13.5 Å². The van der Waals surface area contributed by atoms with E-state index in [9.17, 15) is 4.79 Å². The molecule has 0 N–H and O–H groups in total. The van der Waals surface area contributed by atoms with Crippen LogP contribution < -0.4 is 4.74 Å². The lowest BCUT2D eigenvalue weighted by molar-refractivity contribution is -0.129. The molecule has 0 saturated carbocycles. The Kier molecular flexibility index (Phi) is 3.13. The van der Waals surface area contributed by atoms with Gasteiger partial charge in [-0.15, -0.1) is 0 Å². The van der Waals surface area contributed by atoms with Gasteiger partial charge in [0.15, 0.2) is 0 Å².